The molecule has 0 radical (unpaired) electrons. The van der Waals surface area contributed by atoms with E-state index in [-0.39, 0.29) is 0 Å². The van der Waals surface area contributed by atoms with Crippen molar-refractivity contribution in [2.45, 2.75) is 31.6 Å². The molecule has 0 aromatic heterocycles. The standard InChI is InChI=1S/C12H16O/c1-9-6-7-10(8-13)12-5-3-2-4-11(9)12/h2-5,9-10,13H,6-8H2,1H3/t9-,10-/m0/s1. The van der Waals surface area contributed by atoms with E-state index in [2.05, 4.69) is 31.2 Å². The minimum Gasteiger partial charge on any atom is -0.396 e. The van der Waals surface area contributed by atoms with Gasteiger partial charge in [0.1, 0.15) is 0 Å². The molecule has 0 saturated carbocycles. The second-order valence-electron chi connectivity index (χ2n) is 3.99. The molecule has 1 nitrogen and oxygen atoms in total. The van der Waals surface area contributed by atoms with Crippen molar-refractivity contribution in [1.29, 1.82) is 0 Å². The minimum atomic E-state index is 0.295. The van der Waals surface area contributed by atoms with Gasteiger partial charge in [-0.2, -0.15) is 0 Å². The van der Waals surface area contributed by atoms with Crippen molar-refractivity contribution in [3.8, 4) is 0 Å². The van der Waals surface area contributed by atoms with Gasteiger partial charge in [-0.15, -0.1) is 0 Å². The van der Waals surface area contributed by atoms with Crippen molar-refractivity contribution in [3.05, 3.63) is 35.4 Å². The van der Waals surface area contributed by atoms with Gasteiger partial charge in [0.15, 0.2) is 0 Å². The lowest BCUT2D eigenvalue weighted by Crippen LogP contribution is -2.15. The summed E-state index contributed by atoms with van der Waals surface area (Å²) in [5.74, 6) is 1.05. The first-order valence-electron chi connectivity index (χ1n) is 5.02. The summed E-state index contributed by atoms with van der Waals surface area (Å²) in [4.78, 5) is 0. The molecule has 1 aliphatic carbocycles. The van der Waals surface area contributed by atoms with Crippen molar-refractivity contribution in [2.75, 3.05) is 6.61 Å². The van der Waals surface area contributed by atoms with E-state index in [1.807, 2.05) is 0 Å². The fourth-order valence-electron chi connectivity index (χ4n) is 2.28. The molecule has 2 rings (SSSR count). The highest BCUT2D eigenvalue weighted by atomic mass is 16.3. The molecule has 1 N–H and O–H groups in total. The second-order valence-corrected chi connectivity index (χ2v) is 3.99. The Morgan fingerprint density at radius 1 is 1.23 bits per heavy atom. The Kier molecular flexibility index (Phi) is 2.36. The number of fused-ring (bicyclic) bond motifs is 1. The lowest BCUT2D eigenvalue weighted by molar-refractivity contribution is 0.249. The van der Waals surface area contributed by atoms with Crippen LogP contribution in [0.25, 0.3) is 0 Å². The lowest BCUT2D eigenvalue weighted by Gasteiger charge is -2.28. The van der Waals surface area contributed by atoms with E-state index in [9.17, 15) is 5.11 Å². The Balaban J connectivity index is 2.42. The molecule has 13 heavy (non-hydrogen) atoms. The Morgan fingerprint density at radius 2 is 1.92 bits per heavy atom. The number of aliphatic hydroxyl groups excluding tert-OH is 1. The topological polar surface area (TPSA) is 20.2 Å². The number of aliphatic hydroxyl groups is 1. The van der Waals surface area contributed by atoms with E-state index < -0.39 is 0 Å². The molecule has 0 heterocycles. The first-order chi connectivity index (χ1) is 6.33. The van der Waals surface area contributed by atoms with Gasteiger partial charge in [0, 0.05) is 12.5 Å². The third-order valence-corrected chi connectivity index (χ3v) is 3.14. The summed E-state index contributed by atoms with van der Waals surface area (Å²) in [6.45, 7) is 2.57. The molecule has 0 unspecified atom stereocenters. The van der Waals surface area contributed by atoms with E-state index in [1.54, 1.807) is 0 Å². The Bertz CT molecular complexity index is 293. The minimum absolute atomic E-state index is 0.295. The second kappa shape index (κ2) is 3.51. The van der Waals surface area contributed by atoms with Crippen LogP contribution in [0.4, 0.5) is 0 Å². The Morgan fingerprint density at radius 3 is 2.62 bits per heavy atom. The molecule has 0 bridgehead atoms. The van der Waals surface area contributed by atoms with E-state index in [4.69, 9.17) is 0 Å². The average molecular weight is 176 g/mol. The van der Waals surface area contributed by atoms with Gasteiger partial charge >= 0.3 is 0 Å². The van der Waals surface area contributed by atoms with Gasteiger partial charge in [0.2, 0.25) is 0 Å². The van der Waals surface area contributed by atoms with Gasteiger partial charge < -0.3 is 5.11 Å². The molecular formula is C12H16O. The van der Waals surface area contributed by atoms with Crippen LogP contribution in [0.3, 0.4) is 0 Å². The van der Waals surface area contributed by atoms with Crippen LogP contribution in [-0.2, 0) is 0 Å². The SMILES string of the molecule is C[C@H]1CC[C@@H](CO)c2ccccc21. The normalized spacial score (nSPS) is 26.9. The van der Waals surface area contributed by atoms with Crippen LogP contribution in [0.2, 0.25) is 0 Å². The summed E-state index contributed by atoms with van der Waals surface area (Å²) in [6.07, 6.45) is 2.34. The lowest BCUT2D eigenvalue weighted by atomic mass is 9.78. The molecule has 70 valence electrons. The van der Waals surface area contributed by atoms with Crippen LogP contribution in [0, 0.1) is 0 Å². The number of benzene rings is 1. The predicted molar refractivity (Wildman–Crippen MR) is 53.9 cm³/mol. The highest BCUT2D eigenvalue weighted by Crippen LogP contribution is 2.37. The fourth-order valence-corrected chi connectivity index (χ4v) is 2.28. The number of hydrogen-bond acceptors (Lipinski definition) is 1. The average Bonchev–Trinajstić information content (AvgIpc) is 2.19. The predicted octanol–water partition coefficient (Wildman–Crippen LogP) is 2.66. The third kappa shape index (κ3) is 1.49. The van der Waals surface area contributed by atoms with Crippen LogP contribution < -0.4 is 0 Å². The maximum atomic E-state index is 9.22. The maximum absolute atomic E-state index is 9.22. The number of rotatable bonds is 1. The highest BCUT2D eigenvalue weighted by molar-refractivity contribution is 5.35. The van der Waals surface area contributed by atoms with Crippen LogP contribution in [0.15, 0.2) is 24.3 Å². The molecule has 0 fully saturated rings. The van der Waals surface area contributed by atoms with Gasteiger partial charge in [0.25, 0.3) is 0 Å². The molecule has 1 aromatic carbocycles. The smallest absolute Gasteiger partial charge is 0.0499 e. The molecule has 1 aliphatic rings. The molecular weight excluding hydrogens is 160 g/mol. The summed E-state index contributed by atoms with van der Waals surface area (Å²) in [7, 11) is 0. The summed E-state index contributed by atoms with van der Waals surface area (Å²) in [5, 5.41) is 9.22. The molecule has 1 heteroatoms. The summed E-state index contributed by atoms with van der Waals surface area (Å²) in [6, 6.07) is 8.52. The number of hydrogen-bond donors (Lipinski definition) is 1. The van der Waals surface area contributed by atoms with Crippen LogP contribution in [0.1, 0.15) is 42.7 Å². The van der Waals surface area contributed by atoms with Gasteiger partial charge in [-0.1, -0.05) is 31.2 Å². The molecule has 1 aromatic rings. The Hall–Kier alpha value is -0.820. The van der Waals surface area contributed by atoms with Crippen LogP contribution in [-0.4, -0.2) is 11.7 Å². The zero-order valence-corrected chi connectivity index (χ0v) is 8.03. The van der Waals surface area contributed by atoms with Gasteiger partial charge in [-0.05, 0) is 29.9 Å². The monoisotopic (exact) mass is 176 g/mol. The quantitative estimate of drug-likeness (QED) is 0.697. The van der Waals surface area contributed by atoms with Gasteiger partial charge in [0.05, 0.1) is 0 Å². The van der Waals surface area contributed by atoms with E-state index >= 15 is 0 Å². The van der Waals surface area contributed by atoms with Gasteiger partial charge in [-0.3, -0.25) is 0 Å². The van der Waals surface area contributed by atoms with E-state index in [0.717, 1.165) is 6.42 Å². The maximum Gasteiger partial charge on any atom is 0.0499 e. The molecule has 0 aliphatic heterocycles. The first kappa shape index (κ1) is 8.76. The van der Waals surface area contributed by atoms with E-state index in [1.165, 1.54) is 17.5 Å². The van der Waals surface area contributed by atoms with Crippen molar-refractivity contribution in [3.63, 3.8) is 0 Å². The van der Waals surface area contributed by atoms with Crippen molar-refractivity contribution >= 4 is 0 Å². The third-order valence-electron chi connectivity index (χ3n) is 3.14. The molecule has 0 amide bonds. The highest BCUT2D eigenvalue weighted by Gasteiger charge is 2.23. The Labute approximate surface area is 79.4 Å². The molecule has 0 spiro atoms. The van der Waals surface area contributed by atoms with Crippen LogP contribution in [0.5, 0.6) is 0 Å². The zero-order valence-electron chi connectivity index (χ0n) is 8.03. The molecule has 2 atom stereocenters. The largest absolute Gasteiger partial charge is 0.396 e. The van der Waals surface area contributed by atoms with Crippen molar-refractivity contribution in [1.82, 2.24) is 0 Å². The first-order valence-corrected chi connectivity index (χ1v) is 5.02. The van der Waals surface area contributed by atoms with Crippen LogP contribution >= 0.6 is 0 Å². The fraction of sp³-hybridized carbons (Fsp3) is 0.500. The summed E-state index contributed by atoms with van der Waals surface area (Å²) < 4.78 is 0. The molecule has 0 saturated heterocycles. The zero-order chi connectivity index (χ0) is 9.26. The summed E-state index contributed by atoms with van der Waals surface area (Å²) >= 11 is 0. The van der Waals surface area contributed by atoms with Gasteiger partial charge in [-0.25, -0.2) is 0 Å². The van der Waals surface area contributed by atoms with Crippen molar-refractivity contribution < 1.29 is 5.11 Å². The van der Waals surface area contributed by atoms with E-state index in [0.29, 0.717) is 18.4 Å². The summed E-state index contributed by atoms with van der Waals surface area (Å²) in [5.41, 5.74) is 2.80. The van der Waals surface area contributed by atoms with Crippen molar-refractivity contribution in [2.24, 2.45) is 0 Å².